The highest BCUT2D eigenvalue weighted by atomic mass is 16.5. The van der Waals surface area contributed by atoms with E-state index < -0.39 is 0 Å². The van der Waals surface area contributed by atoms with E-state index in [2.05, 4.69) is 41.4 Å². The van der Waals surface area contributed by atoms with Gasteiger partial charge >= 0.3 is 0 Å². The van der Waals surface area contributed by atoms with Crippen LogP contribution in [0.2, 0.25) is 0 Å². The Morgan fingerprint density at radius 1 is 1.15 bits per heavy atom. The fraction of sp³-hybridized carbons (Fsp3) is 0.647. The maximum atomic E-state index is 5.47. The first-order valence-corrected chi connectivity index (χ1v) is 7.92. The Balaban J connectivity index is 1.67. The maximum Gasteiger partial charge on any atom is 0.0483 e. The summed E-state index contributed by atoms with van der Waals surface area (Å²) >= 11 is 0. The molecule has 3 heteroatoms. The number of ether oxygens (including phenoxy) is 1. The van der Waals surface area contributed by atoms with Gasteiger partial charge in [0.25, 0.3) is 0 Å². The molecule has 0 aliphatic carbocycles. The average Bonchev–Trinajstić information content (AvgIpc) is 3.00. The SMILES string of the molecule is CC1(NCc2ccccc2N2CCCC2)CCOCC1. The van der Waals surface area contributed by atoms with Crippen LogP contribution >= 0.6 is 0 Å². The summed E-state index contributed by atoms with van der Waals surface area (Å²) in [4.78, 5) is 2.53. The van der Waals surface area contributed by atoms with E-state index in [1.807, 2.05) is 0 Å². The van der Waals surface area contributed by atoms with Gasteiger partial charge < -0.3 is 15.0 Å². The number of anilines is 1. The average molecular weight is 274 g/mol. The van der Waals surface area contributed by atoms with Gasteiger partial charge in [0.05, 0.1) is 0 Å². The fourth-order valence-electron chi connectivity index (χ4n) is 3.23. The Kier molecular flexibility index (Phi) is 4.27. The van der Waals surface area contributed by atoms with Crippen LogP contribution in [0.3, 0.4) is 0 Å². The third-order valence-electron chi connectivity index (χ3n) is 4.74. The molecule has 0 unspecified atom stereocenters. The summed E-state index contributed by atoms with van der Waals surface area (Å²) in [5.74, 6) is 0. The standard InChI is InChI=1S/C17H26N2O/c1-17(8-12-20-13-9-17)18-14-15-6-2-3-7-16(15)19-10-4-5-11-19/h2-3,6-7,18H,4-5,8-14H2,1H3. The molecule has 0 bridgehead atoms. The van der Waals surface area contributed by atoms with Crippen molar-refractivity contribution in [2.45, 2.75) is 44.7 Å². The van der Waals surface area contributed by atoms with E-state index in [1.165, 1.54) is 37.2 Å². The molecule has 3 rings (SSSR count). The molecule has 110 valence electrons. The molecule has 0 aromatic heterocycles. The molecule has 0 atom stereocenters. The molecule has 2 fully saturated rings. The molecule has 2 saturated heterocycles. The molecular formula is C17H26N2O. The molecule has 1 N–H and O–H groups in total. The van der Waals surface area contributed by atoms with E-state index in [1.54, 1.807) is 0 Å². The number of para-hydroxylation sites is 1. The predicted octanol–water partition coefficient (Wildman–Crippen LogP) is 2.95. The molecular weight excluding hydrogens is 248 g/mol. The van der Waals surface area contributed by atoms with Crippen LogP contribution in [0.1, 0.15) is 38.2 Å². The maximum absolute atomic E-state index is 5.47. The van der Waals surface area contributed by atoms with Crippen LogP contribution in [0.15, 0.2) is 24.3 Å². The topological polar surface area (TPSA) is 24.5 Å². The van der Waals surface area contributed by atoms with Gasteiger partial charge in [-0.2, -0.15) is 0 Å². The minimum absolute atomic E-state index is 0.233. The molecule has 0 amide bonds. The van der Waals surface area contributed by atoms with Crippen molar-refractivity contribution in [3.05, 3.63) is 29.8 Å². The monoisotopic (exact) mass is 274 g/mol. The van der Waals surface area contributed by atoms with Crippen LogP contribution in [-0.2, 0) is 11.3 Å². The van der Waals surface area contributed by atoms with Crippen LogP contribution in [0.5, 0.6) is 0 Å². The van der Waals surface area contributed by atoms with Crippen LogP contribution in [-0.4, -0.2) is 31.8 Å². The Bertz CT molecular complexity index is 434. The van der Waals surface area contributed by atoms with E-state index >= 15 is 0 Å². The lowest BCUT2D eigenvalue weighted by Crippen LogP contribution is -2.46. The molecule has 2 aliphatic rings. The van der Waals surface area contributed by atoms with Gasteiger partial charge in [-0.3, -0.25) is 0 Å². The Hall–Kier alpha value is -1.06. The summed E-state index contributed by atoms with van der Waals surface area (Å²) in [5, 5.41) is 3.77. The highest BCUT2D eigenvalue weighted by Crippen LogP contribution is 2.26. The minimum Gasteiger partial charge on any atom is -0.381 e. The first-order chi connectivity index (χ1) is 9.77. The zero-order chi connectivity index (χ0) is 13.8. The summed E-state index contributed by atoms with van der Waals surface area (Å²) in [6.07, 6.45) is 4.88. The van der Waals surface area contributed by atoms with Crippen molar-refractivity contribution in [3.8, 4) is 0 Å². The highest BCUT2D eigenvalue weighted by molar-refractivity contribution is 5.54. The van der Waals surface area contributed by atoms with Crippen molar-refractivity contribution in [2.24, 2.45) is 0 Å². The molecule has 2 heterocycles. The largest absolute Gasteiger partial charge is 0.381 e. The number of benzene rings is 1. The van der Waals surface area contributed by atoms with E-state index in [0.717, 1.165) is 32.6 Å². The molecule has 20 heavy (non-hydrogen) atoms. The zero-order valence-corrected chi connectivity index (χ0v) is 12.5. The van der Waals surface area contributed by atoms with Gasteiger partial charge in [-0.05, 0) is 44.2 Å². The van der Waals surface area contributed by atoms with E-state index in [-0.39, 0.29) is 5.54 Å². The zero-order valence-electron chi connectivity index (χ0n) is 12.5. The number of nitrogens with one attached hydrogen (secondary N) is 1. The third kappa shape index (κ3) is 3.15. The van der Waals surface area contributed by atoms with E-state index in [9.17, 15) is 0 Å². The van der Waals surface area contributed by atoms with E-state index in [4.69, 9.17) is 4.74 Å². The summed E-state index contributed by atoms with van der Waals surface area (Å²) in [6.45, 7) is 7.48. The lowest BCUT2D eigenvalue weighted by Gasteiger charge is -2.35. The van der Waals surface area contributed by atoms with Crippen LogP contribution in [0.25, 0.3) is 0 Å². The Labute approximate surface area is 122 Å². The van der Waals surface area contributed by atoms with Gasteiger partial charge in [0.1, 0.15) is 0 Å². The summed E-state index contributed by atoms with van der Waals surface area (Å²) in [6, 6.07) is 8.86. The molecule has 0 radical (unpaired) electrons. The lowest BCUT2D eigenvalue weighted by atomic mass is 9.92. The van der Waals surface area contributed by atoms with Gasteiger partial charge in [-0.1, -0.05) is 18.2 Å². The van der Waals surface area contributed by atoms with Crippen molar-refractivity contribution in [1.29, 1.82) is 0 Å². The smallest absolute Gasteiger partial charge is 0.0483 e. The first kappa shape index (κ1) is 13.9. The van der Waals surface area contributed by atoms with E-state index in [0.29, 0.717) is 0 Å². The van der Waals surface area contributed by atoms with Crippen molar-refractivity contribution in [3.63, 3.8) is 0 Å². The van der Waals surface area contributed by atoms with Gasteiger partial charge in [0.2, 0.25) is 0 Å². The highest BCUT2D eigenvalue weighted by Gasteiger charge is 2.27. The van der Waals surface area contributed by atoms with Crippen LogP contribution in [0.4, 0.5) is 5.69 Å². The molecule has 2 aliphatic heterocycles. The third-order valence-corrected chi connectivity index (χ3v) is 4.74. The first-order valence-electron chi connectivity index (χ1n) is 7.92. The molecule has 1 aromatic rings. The van der Waals surface area contributed by atoms with Crippen molar-refractivity contribution in [2.75, 3.05) is 31.2 Å². The second kappa shape index (κ2) is 6.15. The number of hydrogen-bond donors (Lipinski definition) is 1. The van der Waals surface area contributed by atoms with Gasteiger partial charge in [0, 0.05) is 44.1 Å². The molecule has 3 nitrogen and oxygen atoms in total. The summed E-state index contributed by atoms with van der Waals surface area (Å²) in [5.41, 5.74) is 3.09. The van der Waals surface area contributed by atoms with Crippen molar-refractivity contribution in [1.82, 2.24) is 5.32 Å². The number of nitrogens with zero attached hydrogens (tertiary/aromatic N) is 1. The minimum atomic E-state index is 0.233. The summed E-state index contributed by atoms with van der Waals surface area (Å²) in [7, 11) is 0. The van der Waals surface area contributed by atoms with Crippen molar-refractivity contribution < 1.29 is 4.74 Å². The fourth-order valence-corrected chi connectivity index (χ4v) is 3.23. The van der Waals surface area contributed by atoms with Gasteiger partial charge in [-0.25, -0.2) is 0 Å². The van der Waals surface area contributed by atoms with Gasteiger partial charge in [-0.15, -0.1) is 0 Å². The lowest BCUT2D eigenvalue weighted by molar-refractivity contribution is 0.0446. The normalized spacial score (nSPS) is 22.1. The Morgan fingerprint density at radius 2 is 1.85 bits per heavy atom. The van der Waals surface area contributed by atoms with Crippen LogP contribution < -0.4 is 10.2 Å². The quantitative estimate of drug-likeness (QED) is 0.913. The second-order valence-corrected chi connectivity index (χ2v) is 6.35. The molecule has 1 aromatic carbocycles. The molecule has 0 spiro atoms. The number of hydrogen-bond acceptors (Lipinski definition) is 3. The second-order valence-electron chi connectivity index (χ2n) is 6.35. The van der Waals surface area contributed by atoms with Crippen molar-refractivity contribution >= 4 is 5.69 Å². The summed E-state index contributed by atoms with van der Waals surface area (Å²) < 4.78 is 5.47. The molecule has 0 saturated carbocycles. The van der Waals surface area contributed by atoms with Crippen LogP contribution in [0, 0.1) is 0 Å². The number of rotatable bonds is 4. The Morgan fingerprint density at radius 3 is 2.60 bits per heavy atom. The van der Waals surface area contributed by atoms with Gasteiger partial charge in [0.15, 0.2) is 0 Å². The predicted molar refractivity (Wildman–Crippen MR) is 83.2 cm³/mol.